The molecular weight excluding hydrogens is 162 g/mol. The highest BCUT2D eigenvalue weighted by Crippen LogP contribution is 2.20. The fraction of sp³-hybridized carbons (Fsp3) is 0.455. The summed E-state index contributed by atoms with van der Waals surface area (Å²) in [7, 11) is 0. The molecule has 0 amide bonds. The van der Waals surface area contributed by atoms with E-state index in [1.165, 1.54) is 11.1 Å². The number of ether oxygens (including phenoxy) is 1. The number of rotatable bonds is 4. The highest BCUT2D eigenvalue weighted by Gasteiger charge is 2.01. The van der Waals surface area contributed by atoms with Gasteiger partial charge in [0.2, 0.25) is 0 Å². The Labute approximate surface area is 79.7 Å². The van der Waals surface area contributed by atoms with Crippen molar-refractivity contribution >= 4 is 0 Å². The molecule has 1 rings (SSSR count). The topological polar surface area (TPSA) is 35.2 Å². The molecule has 0 atom stereocenters. The van der Waals surface area contributed by atoms with Gasteiger partial charge in [0.1, 0.15) is 5.75 Å². The zero-order chi connectivity index (χ0) is 9.68. The largest absolute Gasteiger partial charge is 0.494 e. The highest BCUT2D eigenvalue weighted by molar-refractivity contribution is 5.37. The van der Waals surface area contributed by atoms with Gasteiger partial charge in [0.25, 0.3) is 0 Å². The molecule has 0 radical (unpaired) electrons. The fourth-order valence-electron chi connectivity index (χ4n) is 1.31. The lowest BCUT2D eigenvalue weighted by molar-refractivity contribution is 0.336. The second kappa shape index (κ2) is 4.87. The summed E-state index contributed by atoms with van der Waals surface area (Å²) in [5, 5.41) is 0. The summed E-state index contributed by atoms with van der Waals surface area (Å²) in [6.07, 6.45) is 0.885. The lowest BCUT2D eigenvalue weighted by Gasteiger charge is -2.09. The quantitative estimate of drug-likeness (QED) is 0.766. The Morgan fingerprint density at radius 2 is 2.15 bits per heavy atom. The molecule has 2 N–H and O–H groups in total. The minimum Gasteiger partial charge on any atom is -0.494 e. The Kier molecular flexibility index (Phi) is 3.77. The van der Waals surface area contributed by atoms with E-state index in [0.29, 0.717) is 13.2 Å². The maximum Gasteiger partial charge on any atom is 0.122 e. The zero-order valence-electron chi connectivity index (χ0n) is 8.34. The predicted octanol–water partition coefficient (Wildman–Crippen LogP) is 1.89. The van der Waals surface area contributed by atoms with E-state index in [9.17, 15) is 0 Å². The van der Waals surface area contributed by atoms with E-state index in [1.54, 1.807) is 0 Å². The molecule has 0 heterocycles. The van der Waals surface area contributed by atoms with Crippen LogP contribution in [0.1, 0.15) is 18.1 Å². The maximum absolute atomic E-state index is 5.51. The second-order valence-electron chi connectivity index (χ2n) is 3.08. The first-order valence-corrected chi connectivity index (χ1v) is 4.70. The summed E-state index contributed by atoms with van der Waals surface area (Å²) in [5.41, 5.74) is 7.94. The summed E-state index contributed by atoms with van der Waals surface area (Å²) >= 11 is 0. The van der Waals surface area contributed by atoms with E-state index < -0.39 is 0 Å². The van der Waals surface area contributed by atoms with Gasteiger partial charge in [-0.2, -0.15) is 0 Å². The van der Waals surface area contributed by atoms with Gasteiger partial charge in [-0.3, -0.25) is 0 Å². The number of aryl methyl sites for hydroxylation is 1. The van der Waals surface area contributed by atoms with Crippen LogP contribution in [0, 0.1) is 6.92 Å². The Balaban J connectivity index is 2.89. The van der Waals surface area contributed by atoms with Crippen LogP contribution in [0.15, 0.2) is 18.2 Å². The van der Waals surface area contributed by atoms with Crippen molar-refractivity contribution in [3.8, 4) is 5.75 Å². The van der Waals surface area contributed by atoms with Crippen LogP contribution in [0.25, 0.3) is 0 Å². The Morgan fingerprint density at radius 1 is 1.38 bits per heavy atom. The van der Waals surface area contributed by atoms with Crippen molar-refractivity contribution < 1.29 is 4.74 Å². The first-order chi connectivity index (χ1) is 6.27. The van der Waals surface area contributed by atoms with E-state index in [2.05, 4.69) is 25.1 Å². The molecule has 0 aliphatic carbocycles. The molecule has 0 aliphatic heterocycles. The molecule has 0 aromatic heterocycles. The molecule has 1 aromatic carbocycles. The van der Waals surface area contributed by atoms with Crippen molar-refractivity contribution in [1.82, 2.24) is 0 Å². The summed E-state index contributed by atoms with van der Waals surface area (Å²) in [5.74, 6) is 0.980. The van der Waals surface area contributed by atoms with Gasteiger partial charge < -0.3 is 10.5 Å². The van der Waals surface area contributed by atoms with Crippen LogP contribution in [0.3, 0.4) is 0 Å². The Hall–Kier alpha value is -1.02. The predicted molar refractivity (Wildman–Crippen MR) is 55.1 cm³/mol. The maximum atomic E-state index is 5.51. The van der Waals surface area contributed by atoms with Crippen LogP contribution in [0.5, 0.6) is 5.75 Å². The van der Waals surface area contributed by atoms with E-state index in [-0.39, 0.29) is 0 Å². The van der Waals surface area contributed by atoms with Crippen LogP contribution in [0.4, 0.5) is 0 Å². The first-order valence-electron chi connectivity index (χ1n) is 4.70. The summed E-state index contributed by atoms with van der Waals surface area (Å²) in [4.78, 5) is 0. The standard InChI is InChI=1S/C11H17NO/c1-3-13-11-8-9(2)4-5-10(11)6-7-12/h4-5,8H,3,6-7,12H2,1-2H3. The Bertz CT molecular complexity index is 271. The van der Waals surface area contributed by atoms with E-state index in [0.717, 1.165) is 12.2 Å². The van der Waals surface area contributed by atoms with Crippen molar-refractivity contribution in [2.75, 3.05) is 13.2 Å². The van der Waals surface area contributed by atoms with Crippen LogP contribution in [-0.2, 0) is 6.42 Å². The minimum atomic E-state index is 0.670. The minimum absolute atomic E-state index is 0.670. The van der Waals surface area contributed by atoms with Gasteiger partial charge >= 0.3 is 0 Å². The number of benzene rings is 1. The van der Waals surface area contributed by atoms with E-state index in [1.807, 2.05) is 6.92 Å². The molecule has 2 heteroatoms. The van der Waals surface area contributed by atoms with Gasteiger partial charge in [0.05, 0.1) is 6.61 Å². The molecule has 0 saturated heterocycles. The van der Waals surface area contributed by atoms with Gasteiger partial charge in [-0.1, -0.05) is 12.1 Å². The van der Waals surface area contributed by atoms with E-state index >= 15 is 0 Å². The Morgan fingerprint density at radius 3 is 2.77 bits per heavy atom. The lowest BCUT2D eigenvalue weighted by atomic mass is 10.1. The van der Waals surface area contributed by atoms with Crippen molar-refractivity contribution in [2.45, 2.75) is 20.3 Å². The summed E-state index contributed by atoms with van der Waals surface area (Å²) in [6, 6.07) is 6.25. The lowest BCUT2D eigenvalue weighted by Crippen LogP contribution is -2.05. The number of nitrogens with two attached hydrogens (primary N) is 1. The third-order valence-electron chi connectivity index (χ3n) is 1.94. The molecule has 0 saturated carbocycles. The van der Waals surface area contributed by atoms with Gasteiger partial charge in [-0.05, 0) is 44.0 Å². The average molecular weight is 179 g/mol. The third kappa shape index (κ3) is 2.74. The van der Waals surface area contributed by atoms with Crippen LogP contribution in [0.2, 0.25) is 0 Å². The van der Waals surface area contributed by atoms with Crippen molar-refractivity contribution in [2.24, 2.45) is 5.73 Å². The molecular formula is C11H17NO. The summed E-state index contributed by atoms with van der Waals surface area (Å²) in [6.45, 7) is 5.44. The van der Waals surface area contributed by atoms with Gasteiger partial charge in [0.15, 0.2) is 0 Å². The average Bonchev–Trinajstić information content (AvgIpc) is 2.10. The molecule has 0 unspecified atom stereocenters. The second-order valence-corrected chi connectivity index (χ2v) is 3.08. The fourth-order valence-corrected chi connectivity index (χ4v) is 1.31. The zero-order valence-corrected chi connectivity index (χ0v) is 8.34. The van der Waals surface area contributed by atoms with E-state index in [4.69, 9.17) is 10.5 Å². The molecule has 1 aromatic rings. The van der Waals surface area contributed by atoms with Crippen LogP contribution >= 0.6 is 0 Å². The molecule has 13 heavy (non-hydrogen) atoms. The normalized spacial score (nSPS) is 10.1. The molecule has 0 fully saturated rings. The molecule has 2 nitrogen and oxygen atoms in total. The van der Waals surface area contributed by atoms with Crippen LogP contribution < -0.4 is 10.5 Å². The number of hydrogen-bond donors (Lipinski definition) is 1. The smallest absolute Gasteiger partial charge is 0.122 e. The first kappa shape index (κ1) is 10.1. The third-order valence-corrected chi connectivity index (χ3v) is 1.94. The highest BCUT2D eigenvalue weighted by atomic mass is 16.5. The van der Waals surface area contributed by atoms with Gasteiger partial charge in [0, 0.05) is 0 Å². The molecule has 72 valence electrons. The molecule has 0 spiro atoms. The molecule has 0 aliphatic rings. The van der Waals surface area contributed by atoms with Crippen molar-refractivity contribution in [3.63, 3.8) is 0 Å². The summed E-state index contributed by atoms with van der Waals surface area (Å²) < 4.78 is 5.51. The number of hydrogen-bond acceptors (Lipinski definition) is 2. The molecule has 0 bridgehead atoms. The van der Waals surface area contributed by atoms with Crippen molar-refractivity contribution in [3.05, 3.63) is 29.3 Å². The van der Waals surface area contributed by atoms with Gasteiger partial charge in [-0.15, -0.1) is 0 Å². The van der Waals surface area contributed by atoms with Gasteiger partial charge in [-0.25, -0.2) is 0 Å². The van der Waals surface area contributed by atoms with Crippen LogP contribution in [-0.4, -0.2) is 13.2 Å². The van der Waals surface area contributed by atoms with Crippen molar-refractivity contribution in [1.29, 1.82) is 0 Å². The SMILES string of the molecule is CCOc1cc(C)ccc1CCN. The monoisotopic (exact) mass is 179 g/mol.